The standard InChI is InChI=1S/C11H23ClO/c1-4-7-8-11(5-2,9-12)10-13-6-3/h4-10H2,1-3H3. The van der Waals surface area contributed by atoms with Crippen molar-refractivity contribution in [2.24, 2.45) is 5.41 Å². The highest BCUT2D eigenvalue weighted by Gasteiger charge is 2.26. The number of unbranched alkanes of at least 4 members (excludes halogenated alkanes) is 1. The molecule has 13 heavy (non-hydrogen) atoms. The quantitative estimate of drug-likeness (QED) is 0.549. The summed E-state index contributed by atoms with van der Waals surface area (Å²) in [5.74, 6) is 0.726. The highest BCUT2D eigenvalue weighted by Crippen LogP contribution is 2.30. The van der Waals surface area contributed by atoms with E-state index in [-0.39, 0.29) is 5.41 Å². The molecule has 2 heteroatoms. The van der Waals surface area contributed by atoms with Gasteiger partial charge in [0.05, 0.1) is 6.61 Å². The molecule has 1 atom stereocenters. The molecule has 0 N–H and O–H groups in total. The van der Waals surface area contributed by atoms with E-state index in [1.165, 1.54) is 19.3 Å². The van der Waals surface area contributed by atoms with Gasteiger partial charge in [-0.15, -0.1) is 11.6 Å². The lowest BCUT2D eigenvalue weighted by Gasteiger charge is -2.30. The molecule has 0 heterocycles. The van der Waals surface area contributed by atoms with Crippen molar-refractivity contribution >= 4 is 11.6 Å². The number of alkyl halides is 1. The van der Waals surface area contributed by atoms with Gasteiger partial charge in [0.1, 0.15) is 0 Å². The summed E-state index contributed by atoms with van der Waals surface area (Å²) in [7, 11) is 0. The Balaban J connectivity index is 3.97. The van der Waals surface area contributed by atoms with Crippen LogP contribution in [0.4, 0.5) is 0 Å². The van der Waals surface area contributed by atoms with Crippen LogP contribution in [0, 0.1) is 5.41 Å². The summed E-state index contributed by atoms with van der Waals surface area (Å²) in [5.41, 5.74) is 0.230. The topological polar surface area (TPSA) is 9.23 Å². The lowest BCUT2D eigenvalue weighted by molar-refractivity contribution is 0.0539. The molecule has 80 valence electrons. The van der Waals surface area contributed by atoms with E-state index in [1.54, 1.807) is 0 Å². The van der Waals surface area contributed by atoms with Gasteiger partial charge >= 0.3 is 0 Å². The van der Waals surface area contributed by atoms with Crippen LogP contribution in [0.2, 0.25) is 0 Å². The fourth-order valence-corrected chi connectivity index (χ4v) is 1.82. The van der Waals surface area contributed by atoms with Crippen LogP contribution in [-0.4, -0.2) is 19.1 Å². The highest BCUT2D eigenvalue weighted by atomic mass is 35.5. The van der Waals surface area contributed by atoms with Crippen LogP contribution < -0.4 is 0 Å². The molecule has 0 aromatic carbocycles. The Morgan fingerprint density at radius 2 is 1.92 bits per heavy atom. The summed E-state index contributed by atoms with van der Waals surface area (Å²) in [6.45, 7) is 8.08. The molecule has 0 fully saturated rings. The first-order valence-corrected chi connectivity index (χ1v) is 5.91. The van der Waals surface area contributed by atoms with Crippen LogP contribution in [0.3, 0.4) is 0 Å². The molecule has 0 saturated carbocycles. The molecule has 0 amide bonds. The van der Waals surface area contributed by atoms with Crippen LogP contribution in [-0.2, 0) is 4.74 Å². The van der Waals surface area contributed by atoms with Crippen molar-refractivity contribution in [1.82, 2.24) is 0 Å². The molecule has 0 bridgehead atoms. The zero-order valence-electron chi connectivity index (χ0n) is 9.24. The van der Waals surface area contributed by atoms with Crippen LogP contribution in [0.5, 0.6) is 0 Å². The Labute approximate surface area is 87.8 Å². The minimum absolute atomic E-state index is 0.230. The lowest BCUT2D eigenvalue weighted by Crippen LogP contribution is -2.28. The second-order valence-electron chi connectivity index (χ2n) is 3.73. The maximum Gasteiger partial charge on any atom is 0.0533 e. The monoisotopic (exact) mass is 206 g/mol. The predicted octanol–water partition coefficient (Wildman–Crippen LogP) is 3.85. The van der Waals surface area contributed by atoms with Crippen molar-refractivity contribution in [2.75, 3.05) is 19.1 Å². The van der Waals surface area contributed by atoms with Gasteiger partial charge in [0.25, 0.3) is 0 Å². The minimum Gasteiger partial charge on any atom is -0.381 e. The van der Waals surface area contributed by atoms with Crippen molar-refractivity contribution in [3.05, 3.63) is 0 Å². The van der Waals surface area contributed by atoms with Gasteiger partial charge < -0.3 is 4.74 Å². The molecule has 0 spiro atoms. The fourth-order valence-electron chi connectivity index (χ4n) is 1.42. The van der Waals surface area contributed by atoms with Gasteiger partial charge in [-0.05, 0) is 19.8 Å². The van der Waals surface area contributed by atoms with E-state index in [2.05, 4.69) is 13.8 Å². The van der Waals surface area contributed by atoms with Crippen LogP contribution >= 0.6 is 11.6 Å². The van der Waals surface area contributed by atoms with E-state index in [1.807, 2.05) is 6.92 Å². The average molecular weight is 207 g/mol. The Kier molecular flexibility index (Phi) is 7.78. The second kappa shape index (κ2) is 7.64. The van der Waals surface area contributed by atoms with Gasteiger partial charge in [0.15, 0.2) is 0 Å². The zero-order valence-corrected chi connectivity index (χ0v) is 9.99. The van der Waals surface area contributed by atoms with Crippen molar-refractivity contribution in [3.8, 4) is 0 Å². The number of hydrogen-bond donors (Lipinski definition) is 0. The molecule has 1 unspecified atom stereocenters. The maximum atomic E-state index is 6.02. The molecule has 0 radical (unpaired) electrons. The highest BCUT2D eigenvalue weighted by molar-refractivity contribution is 6.18. The Bertz CT molecular complexity index is 101. The number of ether oxygens (including phenoxy) is 1. The number of halogens is 1. The number of hydrogen-bond acceptors (Lipinski definition) is 1. The first-order valence-electron chi connectivity index (χ1n) is 5.38. The molecule has 0 aromatic rings. The third-order valence-electron chi connectivity index (χ3n) is 2.71. The second-order valence-corrected chi connectivity index (χ2v) is 4.00. The average Bonchev–Trinajstić information content (AvgIpc) is 2.20. The lowest BCUT2D eigenvalue weighted by atomic mass is 9.83. The Hall–Kier alpha value is 0.250. The van der Waals surface area contributed by atoms with Gasteiger partial charge in [-0.3, -0.25) is 0 Å². The predicted molar refractivity (Wildman–Crippen MR) is 59.5 cm³/mol. The van der Waals surface area contributed by atoms with Crippen molar-refractivity contribution in [1.29, 1.82) is 0 Å². The van der Waals surface area contributed by atoms with E-state index in [0.717, 1.165) is 25.5 Å². The van der Waals surface area contributed by atoms with Crippen molar-refractivity contribution in [2.45, 2.75) is 46.5 Å². The van der Waals surface area contributed by atoms with Crippen LogP contribution in [0.15, 0.2) is 0 Å². The van der Waals surface area contributed by atoms with Crippen molar-refractivity contribution < 1.29 is 4.74 Å². The SMILES string of the molecule is CCCCC(CC)(CCl)COCC. The van der Waals surface area contributed by atoms with Gasteiger partial charge in [0.2, 0.25) is 0 Å². The van der Waals surface area contributed by atoms with Crippen LogP contribution in [0.1, 0.15) is 46.5 Å². The van der Waals surface area contributed by atoms with Crippen LogP contribution in [0.25, 0.3) is 0 Å². The summed E-state index contributed by atoms with van der Waals surface area (Å²) in [4.78, 5) is 0. The molecule has 0 rings (SSSR count). The summed E-state index contributed by atoms with van der Waals surface area (Å²) < 4.78 is 5.49. The zero-order chi connectivity index (χ0) is 10.2. The Morgan fingerprint density at radius 1 is 1.23 bits per heavy atom. The van der Waals surface area contributed by atoms with E-state index < -0.39 is 0 Å². The van der Waals surface area contributed by atoms with E-state index in [4.69, 9.17) is 16.3 Å². The molecular formula is C11H23ClO. The summed E-state index contributed by atoms with van der Waals surface area (Å²) in [6.07, 6.45) is 4.82. The van der Waals surface area contributed by atoms with Gasteiger partial charge in [-0.2, -0.15) is 0 Å². The third-order valence-corrected chi connectivity index (χ3v) is 3.27. The summed E-state index contributed by atoms with van der Waals surface area (Å²) in [6, 6.07) is 0. The van der Waals surface area contributed by atoms with Gasteiger partial charge in [-0.25, -0.2) is 0 Å². The molecule has 0 aromatic heterocycles. The van der Waals surface area contributed by atoms with Crippen molar-refractivity contribution in [3.63, 3.8) is 0 Å². The van der Waals surface area contributed by atoms with Gasteiger partial charge in [0, 0.05) is 17.9 Å². The molecule has 0 saturated heterocycles. The van der Waals surface area contributed by atoms with E-state index >= 15 is 0 Å². The molecule has 0 aliphatic carbocycles. The first kappa shape index (κ1) is 13.2. The largest absolute Gasteiger partial charge is 0.381 e. The van der Waals surface area contributed by atoms with E-state index in [0.29, 0.717) is 0 Å². The summed E-state index contributed by atoms with van der Waals surface area (Å²) >= 11 is 6.02. The van der Waals surface area contributed by atoms with Gasteiger partial charge in [-0.1, -0.05) is 26.7 Å². The molecule has 0 aliphatic rings. The smallest absolute Gasteiger partial charge is 0.0533 e. The molecular weight excluding hydrogens is 184 g/mol. The Morgan fingerprint density at radius 3 is 2.31 bits per heavy atom. The normalized spacial score (nSPS) is 15.7. The van der Waals surface area contributed by atoms with E-state index in [9.17, 15) is 0 Å². The fraction of sp³-hybridized carbons (Fsp3) is 1.00. The third kappa shape index (κ3) is 4.87. The molecule has 1 nitrogen and oxygen atoms in total. The molecule has 0 aliphatic heterocycles. The summed E-state index contributed by atoms with van der Waals surface area (Å²) in [5, 5.41) is 0. The minimum atomic E-state index is 0.230. The first-order chi connectivity index (χ1) is 6.24. The number of rotatable bonds is 8. The maximum absolute atomic E-state index is 6.02.